The standard InChI is InChI=1S/C18H28O8/c1-20-4-5-23-6-7-24-8-9-25-10-11-26-18-16(21-2)12-15(14-19)13-17(18)22-3/h12-14H,4-11H2,1-3H3. The van der Waals surface area contributed by atoms with Gasteiger partial charge in [0.25, 0.3) is 0 Å². The summed E-state index contributed by atoms with van der Waals surface area (Å²) in [5.41, 5.74) is 0.450. The number of carbonyl (C=O) groups excluding carboxylic acids is 1. The van der Waals surface area contributed by atoms with Gasteiger partial charge in [0.15, 0.2) is 11.5 Å². The summed E-state index contributed by atoms with van der Waals surface area (Å²) in [6, 6.07) is 3.18. The SMILES string of the molecule is COCCOCCOCCOCCOc1c(OC)cc(C=O)cc1OC. The van der Waals surface area contributed by atoms with Gasteiger partial charge in [-0.15, -0.1) is 0 Å². The van der Waals surface area contributed by atoms with Gasteiger partial charge in [-0.05, 0) is 12.1 Å². The number of hydrogen-bond acceptors (Lipinski definition) is 8. The Bertz CT molecular complexity index is 481. The number of benzene rings is 1. The second kappa shape index (κ2) is 14.3. The van der Waals surface area contributed by atoms with Crippen LogP contribution in [0.5, 0.6) is 17.2 Å². The lowest BCUT2D eigenvalue weighted by atomic mass is 10.2. The van der Waals surface area contributed by atoms with E-state index in [1.54, 1.807) is 19.2 Å². The molecule has 0 spiro atoms. The normalized spacial score (nSPS) is 10.6. The van der Waals surface area contributed by atoms with Crippen molar-refractivity contribution in [3.05, 3.63) is 17.7 Å². The molecule has 0 heterocycles. The molecule has 0 amide bonds. The van der Waals surface area contributed by atoms with E-state index in [1.165, 1.54) is 14.2 Å². The van der Waals surface area contributed by atoms with E-state index in [9.17, 15) is 4.79 Å². The maximum atomic E-state index is 10.9. The highest BCUT2D eigenvalue weighted by atomic mass is 16.6. The Kier molecular flexibility index (Phi) is 12.2. The fourth-order valence-corrected chi connectivity index (χ4v) is 2.00. The monoisotopic (exact) mass is 372 g/mol. The lowest BCUT2D eigenvalue weighted by molar-refractivity contribution is -0.000000720. The first-order valence-electron chi connectivity index (χ1n) is 8.33. The van der Waals surface area contributed by atoms with Crippen LogP contribution in [0.2, 0.25) is 0 Å². The third-order valence-corrected chi connectivity index (χ3v) is 3.27. The molecule has 0 aliphatic rings. The highest BCUT2D eigenvalue weighted by Crippen LogP contribution is 2.38. The van der Waals surface area contributed by atoms with Crippen molar-refractivity contribution in [1.82, 2.24) is 0 Å². The third-order valence-electron chi connectivity index (χ3n) is 3.27. The maximum absolute atomic E-state index is 10.9. The number of carbonyl (C=O) groups is 1. The number of rotatable bonds is 16. The van der Waals surface area contributed by atoms with Crippen LogP contribution in [-0.4, -0.2) is 80.5 Å². The van der Waals surface area contributed by atoms with Gasteiger partial charge in [0.2, 0.25) is 5.75 Å². The van der Waals surface area contributed by atoms with Crippen LogP contribution < -0.4 is 14.2 Å². The van der Waals surface area contributed by atoms with Crippen LogP contribution in [0.15, 0.2) is 12.1 Å². The van der Waals surface area contributed by atoms with Crippen LogP contribution in [0.1, 0.15) is 10.4 Å². The van der Waals surface area contributed by atoms with Crippen molar-refractivity contribution in [2.75, 3.05) is 74.2 Å². The van der Waals surface area contributed by atoms with Crippen LogP contribution in [-0.2, 0) is 18.9 Å². The summed E-state index contributed by atoms with van der Waals surface area (Å²) in [7, 11) is 4.64. The molecule has 0 aliphatic heterocycles. The van der Waals surface area contributed by atoms with E-state index in [1.807, 2.05) is 0 Å². The third kappa shape index (κ3) is 8.48. The van der Waals surface area contributed by atoms with Gasteiger partial charge in [-0.1, -0.05) is 0 Å². The molecule has 0 aromatic heterocycles. The Balaban J connectivity index is 2.19. The van der Waals surface area contributed by atoms with Gasteiger partial charge in [0, 0.05) is 12.7 Å². The summed E-state index contributed by atoms with van der Waals surface area (Å²) in [4.78, 5) is 10.9. The molecular weight excluding hydrogens is 344 g/mol. The van der Waals surface area contributed by atoms with E-state index in [0.717, 1.165) is 6.29 Å². The molecule has 0 saturated heterocycles. The first kappa shape index (κ1) is 22.2. The fraction of sp³-hybridized carbons (Fsp3) is 0.611. The minimum atomic E-state index is 0.313. The number of hydrogen-bond donors (Lipinski definition) is 0. The van der Waals surface area contributed by atoms with Crippen LogP contribution >= 0.6 is 0 Å². The maximum Gasteiger partial charge on any atom is 0.203 e. The highest BCUT2D eigenvalue weighted by Gasteiger charge is 2.14. The minimum absolute atomic E-state index is 0.313. The molecule has 8 nitrogen and oxygen atoms in total. The molecule has 1 aromatic rings. The molecule has 26 heavy (non-hydrogen) atoms. The summed E-state index contributed by atoms with van der Waals surface area (Å²) < 4.78 is 37.1. The molecule has 0 aliphatic carbocycles. The summed E-state index contributed by atoms with van der Waals surface area (Å²) in [6.07, 6.45) is 0.723. The largest absolute Gasteiger partial charge is 0.493 e. The second-order valence-corrected chi connectivity index (χ2v) is 5.05. The van der Waals surface area contributed by atoms with Crippen molar-refractivity contribution in [2.45, 2.75) is 0 Å². The van der Waals surface area contributed by atoms with Crippen LogP contribution in [0.25, 0.3) is 0 Å². The van der Waals surface area contributed by atoms with Crippen molar-refractivity contribution < 1.29 is 38.0 Å². The van der Waals surface area contributed by atoms with Crippen molar-refractivity contribution >= 4 is 6.29 Å². The van der Waals surface area contributed by atoms with Crippen molar-refractivity contribution in [3.8, 4) is 17.2 Å². The minimum Gasteiger partial charge on any atom is -0.493 e. The molecule has 0 saturated carbocycles. The second-order valence-electron chi connectivity index (χ2n) is 5.05. The smallest absolute Gasteiger partial charge is 0.203 e. The van der Waals surface area contributed by atoms with E-state index >= 15 is 0 Å². The molecule has 0 fully saturated rings. The van der Waals surface area contributed by atoms with Gasteiger partial charge < -0.3 is 33.2 Å². The Hall–Kier alpha value is -1.87. The summed E-state index contributed by atoms with van der Waals surface area (Å²) in [6.45, 7) is 3.83. The number of methoxy groups -OCH3 is 3. The van der Waals surface area contributed by atoms with E-state index in [2.05, 4.69) is 0 Å². The zero-order valence-electron chi connectivity index (χ0n) is 15.7. The van der Waals surface area contributed by atoms with Gasteiger partial charge in [0.1, 0.15) is 12.9 Å². The molecule has 0 radical (unpaired) electrons. The molecule has 1 rings (SSSR count). The summed E-state index contributed by atoms with van der Waals surface area (Å²) in [5.74, 6) is 1.31. The molecule has 148 valence electrons. The van der Waals surface area contributed by atoms with Crippen LogP contribution in [0.4, 0.5) is 0 Å². The molecular formula is C18H28O8. The highest BCUT2D eigenvalue weighted by molar-refractivity contribution is 5.78. The van der Waals surface area contributed by atoms with E-state index in [-0.39, 0.29) is 0 Å². The predicted octanol–water partition coefficient (Wildman–Crippen LogP) is 1.59. The van der Waals surface area contributed by atoms with Crippen molar-refractivity contribution in [3.63, 3.8) is 0 Å². The number of aldehydes is 1. The summed E-state index contributed by atoms with van der Waals surface area (Å²) >= 11 is 0. The van der Waals surface area contributed by atoms with Crippen molar-refractivity contribution in [2.24, 2.45) is 0 Å². The van der Waals surface area contributed by atoms with E-state index in [4.69, 9.17) is 33.2 Å². The molecule has 0 unspecified atom stereocenters. The first-order valence-corrected chi connectivity index (χ1v) is 8.33. The Morgan fingerprint density at radius 1 is 0.731 bits per heavy atom. The lowest BCUT2D eigenvalue weighted by Gasteiger charge is -2.15. The van der Waals surface area contributed by atoms with Gasteiger partial charge in [-0.25, -0.2) is 0 Å². The molecule has 8 heteroatoms. The van der Waals surface area contributed by atoms with Crippen molar-refractivity contribution in [1.29, 1.82) is 0 Å². The van der Waals surface area contributed by atoms with E-state index in [0.29, 0.717) is 75.7 Å². The number of ether oxygens (including phenoxy) is 7. The van der Waals surface area contributed by atoms with Crippen LogP contribution in [0, 0.1) is 0 Å². The zero-order valence-corrected chi connectivity index (χ0v) is 15.7. The first-order chi connectivity index (χ1) is 12.8. The van der Waals surface area contributed by atoms with Crippen LogP contribution in [0.3, 0.4) is 0 Å². The Morgan fingerprint density at radius 2 is 1.19 bits per heavy atom. The molecule has 0 atom stereocenters. The van der Waals surface area contributed by atoms with Gasteiger partial charge in [-0.3, -0.25) is 4.79 Å². The van der Waals surface area contributed by atoms with Gasteiger partial charge >= 0.3 is 0 Å². The Morgan fingerprint density at radius 3 is 1.62 bits per heavy atom. The van der Waals surface area contributed by atoms with E-state index < -0.39 is 0 Å². The van der Waals surface area contributed by atoms with Gasteiger partial charge in [0.05, 0.1) is 60.5 Å². The lowest BCUT2D eigenvalue weighted by Crippen LogP contribution is -2.14. The molecule has 1 aromatic carbocycles. The zero-order chi connectivity index (χ0) is 19.0. The average Bonchev–Trinajstić information content (AvgIpc) is 2.68. The Labute approximate surface area is 154 Å². The topological polar surface area (TPSA) is 81.7 Å². The molecule has 0 bridgehead atoms. The predicted molar refractivity (Wildman–Crippen MR) is 94.8 cm³/mol. The molecule has 0 N–H and O–H groups in total. The van der Waals surface area contributed by atoms with Gasteiger partial charge in [-0.2, -0.15) is 0 Å². The quantitative estimate of drug-likeness (QED) is 0.320. The fourth-order valence-electron chi connectivity index (χ4n) is 2.00. The average molecular weight is 372 g/mol. The summed E-state index contributed by atoms with van der Waals surface area (Å²) in [5, 5.41) is 0.